The summed E-state index contributed by atoms with van der Waals surface area (Å²) in [5.41, 5.74) is 0.898. The molecule has 3 heteroatoms. The molecule has 0 spiro atoms. The maximum atomic E-state index is 11.6. The Balaban J connectivity index is 4.99. The van der Waals surface area contributed by atoms with E-state index in [2.05, 4.69) is 48.1 Å². The van der Waals surface area contributed by atoms with Crippen LogP contribution < -0.4 is 0 Å². The summed E-state index contributed by atoms with van der Waals surface area (Å²) in [6.45, 7) is 16.7. The zero-order valence-corrected chi connectivity index (χ0v) is 13.2. The molecule has 0 aromatic carbocycles. The van der Waals surface area contributed by atoms with E-state index < -0.39 is 8.32 Å². The van der Waals surface area contributed by atoms with Crippen molar-refractivity contribution in [2.24, 2.45) is 5.92 Å². The van der Waals surface area contributed by atoms with Crippen LogP contribution in [-0.2, 0) is 9.22 Å². The summed E-state index contributed by atoms with van der Waals surface area (Å²) in [4.78, 5) is 11.6. The van der Waals surface area contributed by atoms with Gasteiger partial charge in [0.2, 0.25) is 0 Å². The van der Waals surface area contributed by atoms with Gasteiger partial charge < -0.3 is 4.43 Å². The molecule has 0 saturated heterocycles. The average Bonchev–Trinajstić information content (AvgIpc) is 2.22. The summed E-state index contributed by atoms with van der Waals surface area (Å²) < 4.78 is 5.84. The van der Waals surface area contributed by atoms with Crippen LogP contribution in [0.25, 0.3) is 0 Å². The van der Waals surface area contributed by atoms with Gasteiger partial charge in [-0.05, 0) is 23.0 Å². The summed E-state index contributed by atoms with van der Waals surface area (Å²) in [7, 11) is -2.02. The Kier molecular flexibility index (Phi) is 6.76. The van der Waals surface area contributed by atoms with Crippen LogP contribution >= 0.6 is 0 Å². The van der Waals surface area contributed by atoms with Gasteiger partial charge in [-0.15, -0.1) is 0 Å². The van der Waals surface area contributed by atoms with Crippen molar-refractivity contribution in [2.75, 3.05) is 0 Å². The van der Waals surface area contributed by atoms with Gasteiger partial charge in [0.25, 0.3) is 8.32 Å². The van der Waals surface area contributed by atoms with E-state index >= 15 is 0 Å². The van der Waals surface area contributed by atoms with E-state index in [1.807, 2.05) is 0 Å². The highest BCUT2D eigenvalue weighted by Gasteiger charge is 2.44. The van der Waals surface area contributed by atoms with Gasteiger partial charge in [-0.1, -0.05) is 54.5 Å². The van der Waals surface area contributed by atoms with Crippen LogP contribution in [0.4, 0.5) is 0 Å². The van der Waals surface area contributed by atoms with Crippen molar-refractivity contribution in [1.82, 2.24) is 0 Å². The Morgan fingerprint density at radius 1 is 1.18 bits per heavy atom. The normalized spacial score (nSPS) is 12.3. The van der Waals surface area contributed by atoms with Gasteiger partial charge in [-0.2, -0.15) is 0 Å². The molecule has 0 aromatic rings. The topological polar surface area (TPSA) is 26.3 Å². The van der Waals surface area contributed by atoms with E-state index in [9.17, 15) is 4.79 Å². The summed E-state index contributed by atoms with van der Waals surface area (Å²) in [6, 6.07) is 1.06. The molecule has 0 aliphatic rings. The van der Waals surface area contributed by atoms with Crippen molar-refractivity contribution >= 4 is 14.3 Å². The smallest absolute Gasteiger partial charge is 0.316 e. The fraction of sp³-hybridized carbons (Fsp3) is 0.786. The standard InChI is InChI=1S/C14H28O2Si/c1-8-14(15)16-17(12(4)5,13(6)7)10-9-11(2)3/h8,11-13H,1,9-10H2,2-7H3. The number of carbonyl (C=O) groups is 1. The predicted molar refractivity (Wildman–Crippen MR) is 76.5 cm³/mol. The van der Waals surface area contributed by atoms with Crippen molar-refractivity contribution < 1.29 is 9.22 Å². The fourth-order valence-electron chi connectivity index (χ4n) is 2.27. The van der Waals surface area contributed by atoms with Crippen molar-refractivity contribution in [2.45, 2.75) is 65.1 Å². The van der Waals surface area contributed by atoms with Gasteiger partial charge in [0, 0.05) is 6.08 Å². The molecule has 0 aliphatic carbocycles. The SMILES string of the molecule is C=CC(=O)O[Si](CCC(C)C)(C(C)C)C(C)C. The second-order valence-electron chi connectivity index (χ2n) is 5.82. The molecule has 0 atom stereocenters. The summed E-state index contributed by atoms with van der Waals surface area (Å²) in [6.07, 6.45) is 2.43. The Labute approximate surface area is 108 Å². The summed E-state index contributed by atoms with van der Waals surface area (Å²) >= 11 is 0. The third-order valence-electron chi connectivity index (χ3n) is 3.52. The van der Waals surface area contributed by atoms with Crippen LogP contribution in [0, 0.1) is 5.92 Å². The van der Waals surface area contributed by atoms with Crippen molar-refractivity contribution in [1.29, 1.82) is 0 Å². The zero-order valence-electron chi connectivity index (χ0n) is 12.2. The lowest BCUT2D eigenvalue weighted by Crippen LogP contribution is -2.46. The van der Waals surface area contributed by atoms with Gasteiger partial charge in [0.1, 0.15) is 0 Å². The molecule has 0 radical (unpaired) electrons. The molecule has 0 amide bonds. The van der Waals surface area contributed by atoms with Crippen molar-refractivity contribution in [3.05, 3.63) is 12.7 Å². The zero-order chi connectivity index (χ0) is 13.6. The lowest BCUT2D eigenvalue weighted by Gasteiger charge is -2.38. The van der Waals surface area contributed by atoms with Crippen LogP contribution in [0.1, 0.15) is 48.0 Å². The molecule has 17 heavy (non-hydrogen) atoms. The molecule has 0 heterocycles. The first kappa shape index (κ1) is 16.4. The molecule has 0 fully saturated rings. The second kappa shape index (κ2) is 6.99. The minimum atomic E-state index is -2.02. The quantitative estimate of drug-likeness (QED) is 0.494. The van der Waals surface area contributed by atoms with Crippen molar-refractivity contribution in [3.63, 3.8) is 0 Å². The van der Waals surface area contributed by atoms with E-state index in [4.69, 9.17) is 4.43 Å². The Morgan fingerprint density at radius 3 is 1.94 bits per heavy atom. The highest BCUT2D eigenvalue weighted by molar-refractivity contribution is 6.77. The molecular formula is C14H28O2Si. The largest absolute Gasteiger partial charge is 0.515 e. The third-order valence-corrected chi connectivity index (χ3v) is 9.08. The Hall–Kier alpha value is -0.573. The number of carbonyl (C=O) groups excluding carboxylic acids is 1. The lowest BCUT2D eigenvalue weighted by molar-refractivity contribution is -0.130. The highest BCUT2D eigenvalue weighted by Crippen LogP contribution is 2.38. The van der Waals surface area contributed by atoms with E-state index in [-0.39, 0.29) is 5.97 Å². The maximum absolute atomic E-state index is 11.6. The minimum Gasteiger partial charge on any atom is -0.515 e. The van der Waals surface area contributed by atoms with Gasteiger partial charge in [0.05, 0.1) is 0 Å². The van der Waals surface area contributed by atoms with Crippen LogP contribution in [-0.4, -0.2) is 14.3 Å². The molecule has 0 N–H and O–H groups in total. The van der Waals surface area contributed by atoms with E-state index in [1.165, 1.54) is 6.08 Å². The molecular weight excluding hydrogens is 228 g/mol. The molecule has 0 bridgehead atoms. The monoisotopic (exact) mass is 256 g/mol. The number of rotatable bonds is 7. The van der Waals surface area contributed by atoms with Gasteiger partial charge in [-0.25, -0.2) is 4.79 Å². The van der Waals surface area contributed by atoms with Crippen molar-refractivity contribution in [3.8, 4) is 0 Å². The van der Waals surface area contributed by atoms with Gasteiger partial charge >= 0.3 is 5.97 Å². The first-order chi connectivity index (χ1) is 7.76. The Morgan fingerprint density at radius 2 is 1.65 bits per heavy atom. The molecule has 2 nitrogen and oxygen atoms in total. The molecule has 0 saturated carbocycles. The predicted octanol–water partition coefficient (Wildman–Crippen LogP) is 4.53. The first-order valence-corrected chi connectivity index (χ1v) is 8.88. The fourth-order valence-corrected chi connectivity index (χ4v) is 6.82. The third kappa shape index (κ3) is 4.66. The van der Waals surface area contributed by atoms with Gasteiger partial charge in [-0.3, -0.25) is 0 Å². The molecule has 100 valence electrons. The Bertz CT molecular complexity index is 249. The van der Waals surface area contributed by atoms with Crippen LogP contribution in [0.2, 0.25) is 17.1 Å². The van der Waals surface area contributed by atoms with E-state index in [0.29, 0.717) is 17.0 Å². The lowest BCUT2D eigenvalue weighted by atomic mass is 10.2. The first-order valence-electron chi connectivity index (χ1n) is 6.61. The van der Waals surface area contributed by atoms with Crippen LogP contribution in [0.5, 0.6) is 0 Å². The summed E-state index contributed by atoms with van der Waals surface area (Å²) in [5.74, 6) is 0.407. The van der Waals surface area contributed by atoms with E-state index in [1.54, 1.807) is 0 Å². The summed E-state index contributed by atoms with van der Waals surface area (Å²) in [5, 5.41) is 0. The van der Waals surface area contributed by atoms with Crippen LogP contribution in [0.15, 0.2) is 12.7 Å². The second-order valence-corrected chi connectivity index (χ2v) is 10.7. The minimum absolute atomic E-state index is 0.247. The van der Waals surface area contributed by atoms with E-state index in [0.717, 1.165) is 12.5 Å². The molecule has 0 unspecified atom stereocenters. The maximum Gasteiger partial charge on any atom is 0.316 e. The van der Waals surface area contributed by atoms with Gasteiger partial charge in [0.15, 0.2) is 0 Å². The van der Waals surface area contributed by atoms with Crippen LogP contribution in [0.3, 0.4) is 0 Å². The number of hydrogen-bond acceptors (Lipinski definition) is 2. The number of hydrogen-bond donors (Lipinski definition) is 0. The molecule has 0 aliphatic heterocycles. The molecule has 0 rings (SSSR count). The average molecular weight is 256 g/mol. The highest BCUT2D eigenvalue weighted by atomic mass is 28.4. The molecule has 0 aromatic heterocycles.